The SMILES string of the molecule is CCNC(C1=CCCC1)C(C)(C)CC. The number of allylic oxidation sites excluding steroid dienone is 1. The maximum absolute atomic E-state index is 3.65. The van der Waals surface area contributed by atoms with Gasteiger partial charge in [0.25, 0.3) is 0 Å². The first-order valence-electron chi connectivity index (χ1n) is 6.04. The van der Waals surface area contributed by atoms with E-state index in [4.69, 9.17) is 0 Å². The van der Waals surface area contributed by atoms with Gasteiger partial charge < -0.3 is 5.32 Å². The van der Waals surface area contributed by atoms with E-state index in [0.717, 1.165) is 6.54 Å². The molecule has 82 valence electrons. The fraction of sp³-hybridized carbons (Fsp3) is 0.846. The third-order valence-electron chi connectivity index (χ3n) is 3.55. The molecule has 0 saturated carbocycles. The average molecular weight is 195 g/mol. The van der Waals surface area contributed by atoms with Gasteiger partial charge in [-0.3, -0.25) is 0 Å². The lowest BCUT2D eigenvalue weighted by molar-refractivity contribution is 0.261. The zero-order valence-corrected chi connectivity index (χ0v) is 10.2. The molecule has 0 amide bonds. The summed E-state index contributed by atoms with van der Waals surface area (Å²) in [6.07, 6.45) is 7.64. The maximum Gasteiger partial charge on any atom is 0.0330 e. The molecule has 0 aliphatic heterocycles. The van der Waals surface area contributed by atoms with Crippen LogP contribution >= 0.6 is 0 Å². The summed E-state index contributed by atoms with van der Waals surface area (Å²) in [7, 11) is 0. The van der Waals surface area contributed by atoms with Crippen LogP contribution < -0.4 is 5.32 Å². The molecule has 0 bridgehead atoms. The molecular formula is C13H25N. The molecule has 1 heteroatoms. The maximum atomic E-state index is 3.65. The lowest BCUT2D eigenvalue weighted by Crippen LogP contribution is -2.42. The molecule has 0 saturated heterocycles. The van der Waals surface area contributed by atoms with Crippen molar-refractivity contribution >= 4 is 0 Å². The summed E-state index contributed by atoms with van der Waals surface area (Å²) in [6, 6.07) is 0.597. The fourth-order valence-electron chi connectivity index (χ4n) is 2.28. The monoisotopic (exact) mass is 195 g/mol. The summed E-state index contributed by atoms with van der Waals surface area (Å²) < 4.78 is 0. The number of likely N-dealkylation sites (N-methyl/N-ethyl adjacent to an activating group) is 1. The molecule has 1 aliphatic carbocycles. The predicted molar refractivity (Wildman–Crippen MR) is 63.5 cm³/mol. The third-order valence-corrected chi connectivity index (χ3v) is 3.55. The standard InChI is InChI=1S/C13H25N/c1-5-13(3,4)12(14-6-2)11-9-7-8-10-11/h9,12,14H,5-8,10H2,1-4H3. The van der Waals surface area contributed by atoms with E-state index >= 15 is 0 Å². The van der Waals surface area contributed by atoms with Crippen molar-refractivity contribution in [1.82, 2.24) is 5.32 Å². The van der Waals surface area contributed by atoms with Gasteiger partial charge in [-0.1, -0.05) is 39.3 Å². The Morgan fingerprint density at radius 2 is 2.14 bits per heavy atom. The smallest absolute Gasteiger partial charge is 0.0330 e. The quantitative estimate of drug-likeness (QED) is 0.662. The van der Waals surface area contributed by atoms with E-state index < -0.39 is 0 Å². The van der Waals surface area contributed by atoms with Gasteiger partial charge in [0.15, 0.2) is 0 Å². The Hall–Kier alpha value is -0.300. The number of hydrogen-bond donors (Lipinski definition) is 1. The number of hydrogen-bond acceptors (Lipinski definition) is 1. The molecule has 1 unspecified atom stereocenters. The van der Waals surface area contributed by atoms with Crippen molar-refractivity contribution in [2.24, 2.45) is 5.41 Å². The van der Waals surface area contributed by atoms with Crippen LogP contribution in [0.15, 0.2) is 11.6 Å². The van der Waals surface area contributed by atoms with Crippen LogP contribution in [0.1, 0.15) is 53.4 Å². The molecule has 0 aromatic rings. The van der Waals surface area contributed by atoms with Crippen LogP contribution in [0.3, 0.4) is 0 Å². The molecule has 0 spiro atoms. The highest BCUT2D eigenvalue weighted by Gasteiger charge is 2.30. The van der Waals surface area contributed by atoms with Crippen LogP contribution in [0.4, 0.5) is 0 Å². The van der Waals surface area contributed by atoms with Crippen LogP contribution in [0, 0.1) is 5.41 Å². The Morgan fingerprint density at radius 3 is 2.57 bits per heavy atom. The van der Waals surface area contributed by atoms with Crippen LogP contribution in [-0.2, 0) is 0 Å². The van der Waals surface area contributed by atoms with Crippen LogP contribution in [0.5, 0.6) is 0 Å². The van der Waals surface area contributed by atoms with Crippen molar-refractivity contribution in [3.05, 3.63) is 11.6 Å². The highest BCUT2D eigenvalue weighted by molar-refractivity contribution is 5.18. The van der Waals surface area contributed by atoms with Crippen molar-refractivity contribution in [2.45, 2.75) is 59.4 Å². The second kappa shape index (κ2) is 4.97. The van der Waals surface area contributed by atoms with Gasteiger partial charge in [0.1, 0.15) is 0 Å². The van der Waals surface area contributed by atoms with Gasteiger partial charge in [-0.25, -0.2) is 0 Å². The Morgan fingerprint density at radius 1 is 1.43 bits per heavy atom. The Bertz CT molecular complexity index is 203. The van der Waals surface area contributed by atoms with E-state index in [1.54, 1.807) is 5.57 Å². The first-order valence-corrected chi connectivity index (χ1v) is 6.04. The normalized spacial score (nSPS) is 19.6. The minimum atomic E-state index is 0.395. The van der Waals surface area contributed by atoms with Crippen molar-refractivity contribution < 1.29 is 0 Å². The zero-order chi connectivity index (χ0) is 10.6. The van der Waals surface area contributed by atoms with Crippen molar-refractivity contribution in [3.8, 4) is 0 Å². The van der Waals surface area contributed by atoms with Gasteiger partial charge in [-0.05, 0) is 37.6 Å². The highest BCUT2D eigenvalue weighted by atomic mass is 14.9. The Balaban J connectivity index is 2.72. The topological polar surface area (TPSA) is 12.0 Å². The van der Waals surface area contributed by atoms with E-state index in [9.17, 15) is 0 Å². The van der Waals surface area contributed by atoms with Gasteiger partial charge in [0, 0.05) is 6.04 Å². The second-order valence-electron chi connectivity index (χ2n) is 5.00. The van der Waals surface area contributed by atoms with E-state index in [1.807, 2.05) is 0 Å². The Kier molecular flexibility index (Phi) is 4.18. The summed E-state index contributed by atoms with van der Waals surface area (Å²) in [6.45, 7) is 10.3. The van der Waals surface area contributed by atoms with E-state index in [1.165, 1.54) is 25.7 Å². The third kappa shape index (κ3) is 2.60. The van der Waals surface area contributed by atoms with Crippen molar-refractivity contribution in [2.75, 3.05) is 6.54 Å². The predicted octanol–water partition coefficient (Wildman–Crippen LogP) is 3.51. The van der Waals surface area contributed by atoms with Gasteiger partial charge in [0.05, 0.1) is 0 Å². The summed E-state index contributed by atoms with van der Waals surface area (Å²) in [5, 5.41) is 3.65. The molecule has 1 atom stereocenters. The van der Waals surface area contributed by atoms with Crippen molar-refractivity contribution in [3.63, 3.8) is 0 Å². The van der Waals surface area contributed by atoms with Gasteiger partial charge in [0.2, 0.25) is 0 Å². The molecule has 0 aromatic heterocycles. The first-order chi connectivity index (χ1) is 6.61. The van der Waals surface area contributed by atoms with Crippen LogP contribution in [-0.4, -0.2) is 12.6 Å². The molecule has 1 N–H and O–H groups in total. The fourth-order valence-corrected chi connectivity index (χ4v) is 2.28. The first kappa shape index (κ1) is 11.8. The summed E-state index contributed by atoms with van der Waals surface area (Å²) in [4.78, 5) is 0. The summed E-state index contributed by atoms with van der Waals surface area (Å²) in [5.74, 6) is 0. The molecule has 1 aliphatic rings. The number of nitrogens with one attached hydrogen (secondary N) is 1. The molecule has 0 fully saturated rings. The minimum absolute atomic E-state index is 0.395. The molecule has 0 radical (unpaired) electrons. The van der Waals surface area contributed by atoms with Gasteiger partial charge in [-0.2, -0.15) is 0 Å². The number of rotatable bonds is 5. The molecule has 0 aromatic carbocycles. The van der Waals surface area contributed by atoms with E-state index in [-0.39, 0.29) is 0 Å². The lowest BCUT2D eigenvalue weighted by atomic mass is 9.78. The zero-order valence-electron chi connectivity index (χ0n) is 10.2. The second-order valence-corrected chi connectivity index (χ2v) is 5.00. The van der Waals surface area contributed by atoms with Crippen molar-refractivity contribution in [1.29, 1.82) is 0 Å². The lowest BCUT2D eigenvalue weighted by Gasteiger charge is -2.35. The molecular weight excluding hydrogens is 170 g/mol. The molecule has 14 heavy (non-hydrogen) atoms. The Labute approximate surface area is 89.0 Å². The summed E-state index contributed by atoms with van der Waals surface area (Å²) >= 11 is 0. The van der Waals surface area contributed by atoms with Crippen LogP contribution in [0.25, 0.3) is 0 Å². The highest BCUT2D eigenvalue weighted by Crippen LogP contribution is 2.34. The van der Waals surface area contributed by atoms with Gasteiger partial charge in [-0.15, -0.1) is 0 Å². The minimum Gasteiger partial charge on any atom is -0.310 e. The largest absolute Gasteiger partial charge is 0.310 e. The van der Waals surface area contributed by atoms with Gasteiger partial charge >= 0.3 is 0 Å². The molecule has 0 heterocycles. The molecule has 1 nitrogen and oxygen atoms in total. The average Bonchev–Trinajstić information content (AvgIpc) is 2.66. The summed E-state index contributed by atoms with van der Waals surface area (Å²) in [5.41, 5.74) is 2.05. The van der Waals surface area contributed by atoms with E-state index in [0.29, 0.717) is 11.5 Å². The van der Waals surface area contributed by atoms with Crippen LogP contribution in [0.2, 0.25) is 0 Å². The molecule has 1 rings (SSSR count). The van der Waals surface area contributed by atoms with E-state index in [2.05, 4.69) is 39.1 Å².